The number of rotatable bonds is 2. The predicted molar refractivity (Wildman–Crippen MR) is 39.5 cm³/mol. The van der Waals surface area contributed by atoms with Crippen molar-refractivity contribution in [3.63, 3.8) is 0 Å². The SMILES string of the molecule is N.NCc1ccc(CN)o1. The normalized spacial score (nSPS) is 9.00. The van der Waals surface area contributed by atoms with E-state index in [0.717, 1.165) is 11.5 Å². The molecule has 4 heteroatoms. The van der Waals surface area contributed by atoms with Crippen molar-refractivity contribution >= 4 is 0 Å². The van der Waals surface area contributed by atoms with E-state index in [2.05, 4.69) is 0 Å². The third-order valence-corrected chi connectivity index (χ3v) is 1.12. The summed E-state index contributed by atoms with van der Waals surface area (Å²) >= 11 is 0. The Morgan fingerprint density at radius 3 is 1.70 bits per heavy atom. The van der Waals surface area contributed by atoms with Gasteiger partial charge in [-0.3, -0.25) is 0 Å². The van der Waals surface area contributed by atoms with E-state index in [4.69, 9.17) is 15.9 Å². The molecule has 0 amide bonds. The number of hydrogen-bond acceptors (Lipinski definition) is 4. The zero-order chi connectivity index (χ0) is 6.69. The lowest BCUT2D eigenvalue weighted by Gasteiger charge is -1.87. The topological polar surface area (TPSA) is 100 Å². The molecule has 0 aliphatic rings. The number of nitrogens with two attached hydrogens (primary N) is 2. The molecule has 0 spiro atoms. The van der Waals surface area contributed by atoms with Crippen LogP contribution < -0.4 is 17.6 Å². The van der Waals surface area contributed by atoms with Crippen LogP contribution in [0.1, 0.15) is 11.5 Å². The maximum Gasteiger partial charge on any atom is 0.117 e. The first-order valence-electron chi connectivity index (χ1n) is 2.84. The van der Waals surface area contributed by atoms with Gasteiger partial charge in [0.2, 0.25) is 0 Å². The smallest absolute Gasteiger partial charge is 0.117 e. The molecule has 0 radical (unpaired) electrons. The quantitative estimate of drug-likeness (QED) is 0.556. The Morgan fingerprint density at radius 1 is 1.10 bits per heavy atom. The van der Waals surface area contributed by atoms with Crippen LogP contribution in [0.15, 0.2) is 16.5 Å². The van der Waals surface area contributed by atoms with Crippen LogP contribution in [-0.2, 0) is 13.1 Å². The summed E-state index contributed by atoms with van der Waals surface area (Å²) in [6, 6.07) is 3.67. The summed E-state index contributed by atoms with van der Waals surface area (Å²) < 4.78 is 5.13. The van der Waals surface area contributed by atoms with Crippen LogP contribution in [0.5, 0.6) is 0 Å². The van der Waals surface area contributed by atoms with E-state index in [1.54, 1.807) is 0 Å². The van der Waals surface area contributed by atoms with Gasteiger partial charge in [-0.05, 0) is 12.1 Å². The van der Waals surface area contributed by atoms with Crippen molar-refractivity contribution in [3.8, 4) is 0 Å². The van der Waals surface area contributed by atoms with E-state index in [0.29, 0.717) is 13.1 Å². The van der Waals surface area contributed by atoms with E-state index >= 15 is 0 Å². The molecule has 10 heavy (non-hydrogen) atoms. The summed E-state index contributed by atoms with van der Waals surface area (Å²) in [6.45, 7) is 0.889. The lowest BCUT2D eigenvalue weighted by atomic mass is 10.4. The molecule has 1 aromatic heterocycles. The molecule has 7 N–H and O–H groups in total. The Kier molecular flexibility index (Phi) is 3.71. The highest BCUT2D eigenvalue weighted by atomic mass is 16.3. The summed E-state index contributed by atoms with van der Waals surface area (Å²) in [7, 11) is 0. The molecule has 0 aliphatic carbocycles. The van der Waals surface area contributed by atoms with Gasteiger partial charge < -0.3 is 22.0 Å². The summed E-state index contributed by atoms with van der Waals surface area (Å²) in [5.41, 5.74) is 10.6. The highest BCUT2D eigenvalue weighted by Crippen LogP contribution is 2.04. The molecule has 0 saturated carbocycles. The van der Waals surface area contributed by atoms with Gasteiger partial charge in [0.25, 0.3) is 0 Å². The van der Waals surface area contributed by atoms with Gasteiger partial charge in [-0.25, -0.2) is 0 Å². The van der Waals surface area contributed by atoms with Gasteiger partial charge in [-0.2, -0.15) is 0 Å². The van der Waals surface area contributed by atoms with Gasteiger partial charge >= 0.3 is 0 Å². The summed E-state index contributed by atoms with van der Waals surface area (Å²) in [5.74, 6) is 1.57. The van der Waals surface area contributed by atoms with Crippen LogP contribution in [0, 0.1) is 0 Å². The minimum Gasteiger partial charge on any atom is -0.463 e. The summed E-state index contributed by atoms with van der Waals surface area (Å²) in [6.07, 6.45) is 0. The molecule has 0 saturated heterocycles. The standard InChI is InChI=1S/C6H10N2O.H3N/c7-3-5-1-2-6(4-8)9-5;/h1-2H,3-4,7-8H2;1H3. The lowest BCUT2D eigenvalue weighted by Crippen LogP contribution is -1.95. The molecule has 1 aromatic rings. The lowest BCUT2D eigenvalue weighted by molar-refractivity contribution is 0.468. The van der Waals surface area contributed by atoms with E-state index < -0.39 is 0 Å². The Balaban J connectivity index is 0.000000810. The van der Waals surface area contributed by atoms with Gasteiger partial charge in [0.1, 0.15) is 11.5 Å². The van der Waals surface area contributed by atoms with Gasteiger partial charge in [0.05, 0.1) is 13.1 Å². The number of hydrogen-bond donors (Lipinski definition) is 3. The van der Waals surface area contributed by atoms with Crippen LogP contribution in [0.4, 0.5) is 0 Å². The molecule has 4 nitrogen and oxygen atoms in total. The van der Waals surface area contributed by atoms with Crippen LogP contribution in [0.3, 0.4) is 0 Å². The van der Waals surface area contributed by atoms with Crippen molar-refractivity contribution in [1.82, 2.24) is 6.15 Å². The second-order valence-corrected chi connectivity index (χ2v) is 1.78. The van der Waals surface area contributed by atoms with E-state index in [-0.39, 0.29) is 6.15 Å². The first-order chi connectivity index (χ1) is 4.36. The monoisotopic (exact) mass is 143 g/mol. The summed E-state index contributed by atoms with van der Waals surface area (Å²) in [4.78, 5) is 0. The first kappa shape index (κ1) is 9.16. The van der Waals surface area contributed by atoms with E-state index in [1.165, 1.54) is 0 Å². The van der Waals surface area contributed by atoms with E-state index in [1.807, 2.05) is 12.1 Å². The Morgan fingerprint density at radius 2 is 1.50 bits per heavy atom. The molecule has 0 atom stereocenters. The Hall–Kier alpha value is -0.840. The molecule has 0 bridgehead atoms. The Labute approximate surface area is 59.8 Å². The minimum absolute atomic E-state index is 0. The fourth-order valence-electron chi connectivity index (χ4n) is 0.642. The largest absolute Gasteiger partial charge is 0.463 e. The first-order valence-corrected chi connectivity index (χ1v) is 2.84. The van der Waals surface area contributed by atoms with Gasteiger partial charge in [0, 0.05) is 0 Å². The summed E-state index contributed by atoms with van der Waals surface area (Å²) in [5, 5.41) is 0. The fraction of sp³-hybridized carbons (Fsp3) is 0.333. The second kappa shape index (κ2) is 4.05. The molecule has 0 fully saturated rings. The zero-order valence-corrected chi connectivity index (χ0v) is 5.84. The van der Waals surface area contributed by atoms with Crippen LogP contribution in [0.25, 0.3) is 0 Å². The average molecular weight is 143 g/mol. The molecular formula is C6H13N3O. The van der Waals surface area contributed by atoms with Crippen LogP contribution in [-0.4, -0.2) is 0 Å². The molecule has 1 rings (SSSR count). The van der Waals surface area contributed by atoms with Crippen LogP contribution in [0.2, 0.25) is 0 Å². The van der Waals surface area contributed by atoms with E-state index in [9.17, 15) is 0 Å². The third kappa shape index (κ3) is 1.84. The fourth-order valence-corrected chi connectivity index (χ4v) is 0.642. The Bertz CT molecular complexity index is 166. The maximum absolute atomic E-state index is 5.28. The van der Waals surface area contributed by atoms with Crippen molar-refractivity contribution in [1.29, 1.82) is 0 Å². The molecular weight excluding hydrogens is 130 g/mol. The third-order valence-electron chi connectivity index (χ3n) is 1.12. The highest BCUT2D eigenvalue weighted by molar-refractivity contribution is 5.06. The van der Waals surface area contributed by atoms with Gasteiger partial charge in [0.15, 0.2) is 0 Å². The molecule has 1 heterocycles. The van der Waals surface area contributed by atoms with Crippen molar-refractivity contribution < 1.29 is 4.42 Å². The maximum atomic E-state index is 5.28. The predicted octanol–water partition coefficient (Wildman–Crippen LogP) is 0.359. The van der Waals surface area contributed by atoms with Crippen molar-refractivity contribution in [2.24, 2.45) is 11.5 Å². The molecule has 0 aliphatic heterocycles. The second-order valence-electron chi connectivity index (χ2n) is 1.78. The zero-order valence-electron chi connectivity index (χ0n) is 5.84. The highest BCUT2D eigenvalue weighted by Gasteiger charge is 1.95. The van der Waals surface area contributed by atoms with Crippen molar-refractivity contribution in [2.75, 3.05) is 0 Å². The minimum atomic E-state index is 0. The van der Waals surface area contributed by atoms with Crippen molar-refractivity contribution in [3.05, 3.63) is 23.7 Å². The molecule has 58 valence electrons. The molecule has 0 unspecified atom stereocenters. The number of furan rings is 1. The molecule has 0 aromatic carbocycles. The van der Waals surface area contributed by atoms with Gasteiger partial charge in [-0.15, -0.1) is 0 Å². The van der Waals surface area contributed by atoms with Crippen LogP contribution >= 0.6 is 0 Å². The van der Waals surface area contributed by atoms with Gasteiger partial charge in [-0.1, -0.05) is 0 Å². The van der Waals surface area contributed by atoms with Crippen molar-refractivity contribution in [2.45, 2.75) is 13.1 Å². The average Bonchev–Trinajstić information content (AvgIpc) is 2.34.